The van der Waals surface area contributed by atoms with Crippen molar-refractivity contribution in [2.75, 3.05) is 13.2 Å². The summed E-state index contributed by atoms with van der Waals surface area (Å²) in [6, 6.07) is 3.57. The Morgan fingerprint density at radius 1 is 1.19 bits per heavy atom. The zero-order valence-corrected chi connectivity index (χ0v) is 9.67. The summed E-state index contributed by atoms with van der Waals surface area (Å²) in [6.45, 7) is 2.20. The van der Waals surface area contributed by atoms with Gasteiger partial charge in [-0.15, -0.1) is 12.8 Å². The van der Waals surface area contributed by atoms with Gasteiger partial charge in [0.2, 0.25) is 0 Å². The SMILES string of the molecule is C#CCOc1cc(C)cc(Cl)c1OCC#C. The van der Waals surface area contributed by atoms with Crippen molar-refractivity contribution in [3.05, 3.63) is 22.7 Å². The summed E-state index contributed by atoms with van der Waals surface area (Å²) in [5, 5.41) is 0.460. The maximum atomic E-state index is 6.02. The predicted molar refractivity (Wildman–Crippen MR) is 64.8 cm³/mol. The Morgan fingerprint density at radius 2 is 1.81 bits per heavy atom. The van der Waals surface area contributed by atoms with Gasteiger partial charge in [0.25, 0.3) is 0 Å². The van der Waals surface area contributed by atoms with E-state index in [0.717, 1.165) is 5.56 Å². The van der Waals surface area contributed by atoms with Crippen LogP contribution >= 0.6 is 11.6 Å². The molecule has 0 aromatic heterocycles. The first-order valence-electron chi connectivity index (χ1n) is 4.61. The molecule has 2 nitrogen and oxygen atoms in total. The molecule has 0 radical (unpaired) electrons. The molecule has 0 saturated carbocycles. The molecule has 1 rings (SSSR count). The zero-order valence-electron chi connectivity index (χ0n) is 8.92. The van der Waals surface area contributed by atoms with Gasteiger partial charge in [-0.2, -0.15) is 0 Å². The van der Waals surface area contributed by atoms with E-state index in [1.54, 1.807) is 12.1 Å². The lowest BCUT2D eigenvalue weighted by Gasteiger charge is -2.12. The monoisotopic (exact) mass is 234 g/mol. The summed E-state index contributed by atoms with van der Waals surface area (Å²) in [4.78, 5) is 0. The summed E-state index contributed by atoms with van der Waals surface area (Å²) in [5.74, 6) is 5.69. The molecular formula is C13H11ClO2. The Hall–Kier alpha value is -1.77. The quantitative estimate of drug-likeness (QED) is 0.746. The van der Waals surface area contributed by atoms with Crippen molar-refractivity contribution in [2.24, 2.45) is 0 Å². The largest absolute Gasteiger partial charge is 0.477 e. The summed E-state index contributed by atoms with van der Waals surface area (Å²) in [5.41, 5.74) is 0.963. The molecule has 0 unspecified atom stereocenters. The molecule has 0 spiro atoms. The van der Waals surface area contributed by atoms with E-state index in [-0.39, 0.29) is 13.2 Å². The Labute approximate surface area is 101 Å². The van der Waals surface area contributed by atoms with E-state index in [1.165, 1.54) is 0 Å². The molecule has 1 aromatic rings. The van der Waals surface area contributed by atoms with Crippen molar-refractivity contribution in [3.63, 3.8) is 0 Å². The molecule has 0 fully saturated rings. The van der Waals surface area contributed by atoms with Crippen molar-refractivity contribution in [3.8, 4) is 36.2 Å². The molecule has 16 heavy (non-hydrogen) atoms. The van der Waals surface area contributed by atoms with Gasteiger partial charge in [0, 0.05) is 0 Å². The van der Waals surface area contributed by atoms with Crippen LogP contribution in [0.2, 0.25) is 5.02 Å². The lowest BCUT2D eigenvalue weighted by Crippen LogP contribution is -2.01. The van der Waals surface area contributed by atoms with Crippen LogP contribution in [0.15, 0.2) is 12.1 Å². The Bertz CT molecular complexity index is 452. The number of ether oxygens (including phenoxy) is 2. The van der Waals surface area contributed by atoms with Gasteiger partial charge in [-0.1, -0.05) is 23.4 Å². The van der Waals surface area contributed by atoms with Crippen LogP contribution in [0.1, 0.15) is 5.56 Å². The first kappa shape index (κ1) is 12.3. The minimum absolute atomic E-state index is 0.134. The number of halogens is 1. The van der Waals surface area contributed by atoms with Crippen molar-refractivity contribution < 1.29 is 9.47 Å². The van der Waals surface area contributed by atoms with Gasteiger partial charge in [0.05, 0.1) is 5.02 Å². The Kier molecular flexibility index (Phi) is 4.58. The second kappa shape index (κ2) is 5.95. The van der Waals surface area contributed by atoms with Crippen molar-refractivity contribution >= 4 is 11.6 Å². The topological polar surface area (TPSA) is 18.5 Å². The second-order valence-electron chi connectivity index (χ2n) is 3.06. The van der Waals surface area contributed by atoms with Gasteiger partial charge in [0.15, 0.2) is 11.5 Å². The molecule has 1 aromatic carbocycles. The molecule has 0 aliphatic heterocycles. The van der Waals surface area contributed by atoms with Crippen molar-refractivity contribution in [1.82, 2.24) is 0 Å². The normalized spacial score (nSPS) is 9.00. The molecule has 0 aliphatic carbocycles. The number of hydrogen-bond acceptors (Lipinski definition) is 2. The number of benzene rings is 1. The zero-order chi connectivity index (χ0) is 12.0. The van der Waals surface area contributed by atoms with Crippen LogP contribution < -0.4 is 9.47 Å². The summed E-state index contributed by atoms with van der Waals surface area (Å²) >= 11 is 6.02. The van der Waals surface area contributed by atoms with Crippen LogP contribution in [0.5, 0.6) is 11.5 Å². The fraction of sp³-hybridized carbons (Fsp3) is 0.231. The van der Waals surface area contributed by atoms with Crippen LogP contribution in [-0.4, -0.2) is 13.2 Å². The van der Waals surface area contributed by atoms with Crippen LogP contribution in [0.25, 0.3) is 0 Å². The van der Waals surface area contributed by atoms with E-state index < -0.39 is 0 Å². The van der Waals surface area contributed by atoms with Gasteiger partial charge in [-0.05, 0) is 24.6 Å². The van der Waals surface area contributed by atoms with Gasteiger partial charge in [-0.3, -0.25) is 0 Å². The number of hydrogen-bond donors (Lipinski definition) is 0. The first-order chi connectivity index (χ1) is 7.69. The van der Waals surface area contributed by atoms with Gasteiger partial charge in [-0.25, -0.2) is 0 Å². The fourth-order valence-electron chi connectivity index (χ4n) is 1.18. The minimum Gasteiger partial charge on any atom is -0.477 e. The van der Waals surface area contributed by atoms with Crippen LogP contribution in [0, 0.1) is 31.6 Å². The Morgan fingerprint density at radius 3 is 2.44 bits per heavy atom. The van der Waals surface area contributed by atoms with Crippen LogP contribution in [0.3, 0.4) is 0 Å². The predicted octanol–water partition coefficient (Wildman–Crippen LogP) is 2.67. The third kappa shape index (κ3) is 3.12. The van der Waals surface area contributed by atoms with Gasteiger partial charge >= 0.3 is 0 Å². The third-order valence-corrected chi connectivity index (χ3v) is 2.05. The highest BCUT2D eigenvalue weighted by Crippen LogP contribution is 2.36. The molecular weight excluding hydrogens is 224 g/mol. The summed E-state index contributed by atoms with van der Waals surface area (Å²) in [6.07, 6.45) is 10.2. The molecule has 0 amide bonds. The van der Waals surface area contributed by atoms with Gasteiger partial charge in [0.1, 0.15) is 13.2 Å². The smallest absolute Gasteiger partial charge is 0.181 e. The molecule has 0 bridgehead atoms. The average molecular weight is 235 g/mol. The lowest BCUT2D eigenvalue weighted by atomic mass is 10.2. The molecule has 3 heteroatoms. The van der Waals surface area contributed by atoms with Crippen LogP contribution in [-0.2, 0) is 0 Å². The average Bonchev–Trinajstić information content (AvgIpc) is 2.24. The number of aryl methyl sites for hydroxylation is 1. The van der Waals surface area contributed by atoms with Crippen molar-refractivity contribution in [2.45, 2.75) is 6.92 Å². The van der Waals surface area contributed by atoms with E-state index >= 15 is 0 Å². The van der Waals surface area contributed by atoms with Gasteiger partial charge < -0.3 is 9.47 Å². The maximum Gasteiger partial charge on any atom is 0.181 e. The molecule has 0 saturated heterocycles. The summed E-state index contributed by atoms with van der Waals surface area (Å²) in [7, 11) is 0. The molecule has 0 heterocycles. The summed E-state index contributed by atoms with van der Waals surface area (Å²) < 4.78 is 10.6. The van der Waals surface area contributed by atoms with E-state index in [1.807, 2.05) is 6.92 Å². The number of rotatable bonds is 4. The van der Waals surface area contributed by atoms with E-state index in [9.17, 15) is 0 Å². The minimum atomic E-state index is 0.134. The second-order valence-corrected chi connectivity index (χ2v) is 3.47. The van der Waals surface area contributed by atoms with Crippen LogP contribution in [0.4, 0.5) is 0 Å². The third-order valence-electron chi connectivity index (χ3n) is 1.76. The maximum absolute atomic E-state index is 6.02. The molecule has 0 atom stereocenters. The van der Waals surface area contributed by atoms with E-state index in [2.05, 4.69) is 11.8 Å². The highest BCUT2D eigenvalue weighted by molar-refractivity contribution is 6.32. The molecule has 0 N–H and O–H groups in total. The Balaban J connectivity index is 3.02. The molecule has 82 valence electrons. The fourth-order valence-corrected chi connectivity index (χ4v) is 1.50. The standard InChI is InChI=1S/C13H11ClO2/c1-4-6-15-12-9-10(3)8-11(14)13(12)16-7-5-2/h1-2,8-9H,6-7H2,3H3. The van der Waals surface area contributed by atoms with E-state index in [0.29, 0.717) is 16.5 Å². The highest BCUT2D eigenvalue weighted by atomic mass is 35.5. The van der Waals surface area contributed by atoms with Crippen molar-refractivity contribution in [1.29, 1.82) is 0 Å². The lowest BCUT2D eigenvalue weighted by molar-refractivity contribution is 0.314. The van der Waals surface area contributed by atoms with E-state index in [4.69, 9.17) is 33.9 Å². The highest BCUT2D eigenvalue weighted by Gasteiger charge is 2.10. The molecule has 0 aliphatic rings. The first-order valence-corrected chi connectivity index (χ1v) is 4.99. The number of terminal acetylenes is 2.